The van der Waals surface area contributed by atoms with E-state index in [1.165, 1.54) is 0 Å². The molecule has 1 fully saturated rings. The van der Waals surface area contributed by atoms with Crippen molar-refractivity contribution in [3.63, 3.8) is 0 Å². The zero-order valence-electron chi connectivity index (χ0n) is 18.0. The quantitative estimate of drug-likeness (QED) is 0.378. The van der Waals surface area contributed by atoms with Crippen molar-refractivity contribution < 1.29 is 9.00 Å². The Labute approximate surface area is 203 Å². The molecule has 1 atom stereocenters. The van der Waals surface area contributed by atoms with Crippen molar-refractivity contribution in [2.45, 2.75) is 17.2 Å². The van der Waals surface area contributed by atoms with Crippen LogP contribution in [0.4, 0.5) is 11.5 Å². The van der Waals surface area contributed by atoms with Gasteiger partial charge in [-0.3, -0.25) is 9.00 Å². The fraction of sp³-hybridized carbons (Fsp3) is 0.0800. The lowest BCUT2D eigenvalue weighted by molar-refractivity contribution is -0.118. The van der Waals surface area contributed by atoms with E-state index in [0.717, 1.165) is 16.8 Å². The highest BCUT2D eigenvalue weighted by molar-refractivity contribution is 7.84. The number of rotatable bonds is 6. The second kappa shape index (κ2) is 9.24. The van der Waals surface area contributed by atoms with E-state index in [-0.39, 0.29) is 12.3 Å². The number of carbonyl (C=O) groups is 1. The summed E-state index contributed by atoms with van der Waals surface area (Å²) in [5, 5.41) is 11.5. The number of hydrogen-bond acceptors (Lipinski definition) is 5. The third kappa shape index (κ3) is 4.64. The monoisotopic (exact) mass is 489 g/mol. The van der Waals surface area contributed by atoms with Crippen LogP contribution < -0.4 is 10.6 Å². The summed E-state index contributed by atoms with van der Waals surface area (Å²) >= 11 is 6.13. The molecule has 0 spiro atoms. The van der Waals surface area contributed by atoms with E-state index in [4.69, 9.17) is 16.6 Å². The van der Waals surface area contributed by atoms with E-state index < -0.39 is 10.8 Å². The minimum atomic E-state index is -1.40. The van der Waals surface area contributed by atoms with Crippen molar-refractivity contribution >= 4 is 51.5 Å². The Morgan fingerprint density at radius 3 is 2.74 bits per heavy atom. The number of allylic oxidation sites excluding steroid dienone is 1. The lowest BCUT2D eigenvalue weighted by Crippen LogP contribution is -2.10. The lowest BCUT2D eigenvalue weighted by Gasteiger charge is -2.11. The maximum absolute atomic E-state index is 13.4. The zero-order chi connectivity index (χ0) is 23.7. The number of aromatic nitrogens is 3. The highest BCUT2D eigenvalue weighted by Gasteiger charge is 2.21. The Bertz CT molecular complexity index is 1480. The Morgan fingerprint density at radius 1 is 1.18 bits per heavy atom. The minimum absolute atomic E-state index is 0.103. The van der Waals surface area contributed by atoms with E-state index in [1.807, 2.05) is 48.5 Å². The van der Waals surface area contributed by atoms with Crippen LogP contribution in [0.25, 0.3) is 11.7 Å². The molecule has 0 aliphatic carbocycles. The number of nitrogens with one attached hydrogen (secondary N) is 2. The van der Waals surface area contributed by atoms with Gasteiger partial charge in [0.15, 0.2) is 5.65 Å². The molecule has 170 valence electrons. The normalized spacial score (nSPS) is 15.6. The predicted octanol–water partition coefficient (Wildman–Crippen LogP) is 4.85. The Hall–Kier alpha value is -3.75. The number of nitrogens with zero attached hydrogens (tertiary/aromatic N) is 3. The van der Waals surface area contributed by atoms with Crippen molar-refractivity contribution in [1.82, 2.24) is 19.9 Å². The molecule has 1 saturated heterocycles. The summed E-state index contributed by atoms with van der Waals surface area (Å²) in [5.41, 5.74) is 4.25. The number of amides is 1. The van der Waals surface area contributed by atoms with E-state index in [2.05, 4.69) is 22.3 Å². The molecule has 0 bridgehead atoms. The minimum Gasteiger partial charge on any atom is -0.340 e. The summed E-state index contributed by atoms with van der Waals surface area (Å²) in [7, 11) is -1.40. The average molecular weight is 490 g/mol. The van der Waals surface area contributed by atoms with Crippen LogP contribution in [0.5, 0.6) is 0 Å². The fourth-order valence-corrected chi connectivity index (χ4v) is 5.10. The molecule has 1 unspecified atom stereocenters. The van der Waals surface area contributed by atoms with Crippen molar-refractivity contribution in [3.8, 4) is 0 Å². The molecule has 1 aliphatic heterocycles. The van der Waals surface area contributed by atoms with Gasteiger partial charge in [0.2, 0.25) is 5.91 Å². The number of halogens is 1. The van der Waals surface area contributed by atoms with Crippen LogP contribution in [-0.2, 0) is 21.3 Å². The lowest BCUT2D eigenvalue weighted by atomic mass is 10.1. The van der Waals surface area contributed by atoms with Crippen LogP contribution in [-0.4, -0.2) is 24.7 Å². The van der Waals surface area contributed by atoms with E-state index in [9.17, 15) is 9.00 Å². The summed E-state index contributed by atoms with van der Waals surface area (Å²) in [6.07, 6.45) is 3.73. The van der Waals surface area contributed by atoms with Crippen molar-refractivity contribution in [1.29, 1.82) is 0 Å². The molecule has 9 heteroatoms. The molecule has 5 rings (SSSR count). The molecular weight excluding hydrogens is 470 g/mol. The molecule has 1 aliphatic rings. The van der Waals surface area contributed by atoms with Crippen LogP contribution in [0.1, 0.15) is 17.5 Å². The highest BCUT2D eigenvalue weighted by Crippen LogP contribution is 2.27. The van der Waals surface area contributed by atoms with Crippen LogP contribution in [0.2, 0.25) is 5.02 Å². The first-order valence-electron chi connectivity index (χ1n) is 10.5. The van der Waals surface area contributed by atoms with Gasteiger partial charge in [-0.15, -0.1) is 0 Å². The topological polar surface area (TPSA) is 88.4 Å². The number of anilines is 2. The van der Waals surface area contributed by atoms with Crippen LogP contribution in [0.15, 0.2) is 89.7 Å². The maximum Gasteiger partial charge on any atom is 0.228 e. The summed E-state index contributed by atoms with van der Waals surface area (Å²) < 4.78 is 15.0. The van der Waals surface area contributed by atoms with Crippen molar-refractivity contribution in [2.75, 3.05) is 5.32 Å². The number of hydrogen-bond donors (Lipinski definition) is 2. The van der Waals surface area contributed by atoms with Crippen LogP contribution in [0.3, 0.4) is 0 Å². The van der Waals surface area contributed by atoms with Gasteiger partial charge in [-0.25, -0.2) is 9.50 Å². The number of benzene rings is 2. The molecule has 3 heterocycles. The Kier molecular flexibility index (Phi) is 6.00. The molecule has 7 nitrogen and oxygen atoms in total. The predicted molar refractivity (Wildman–Crippen MR) is 134 cm³/mol. The molecule has 1 amide bonds. The molecule has 2 aromatic carbocycles. The Morgan fingerprint density at radius 2 is 2.00 bits per heavy atom. The first kappa shape index (κ1) is 22.1. The highest BCUT2D eigenvalue weighted by atomic mass is 35.5. The Balaban J connectivity index is 1.60. The van der Waals surface area contributed by atoms with Gasteiger partial charge in [0, 0.05) is 28.0 Å². The third-order valence-electron chi connectivity index (χ3n) is 5.30. The average Bonchev–Trinajstić information content (AvgIpc) is 3.36. The molecule has 0 radical (unpaired) electrons. The smallest absolute Gasteiger partial charge is 0.228 e. The number of fused-ring (bicyclic) bond motifs is 1. The summed E-state index contributed by atoms with van der Waals surface area (Å²) in [5.74, 6) is 0.738. The fourth-order valence-electron chi connectivity index (χ4n) is 3.69. The second-order valence-corrected chi connectivity index (χ2v) is 9.63. The molecular formula is C25H20ClN5O2S. The van der Waals surface area contributed by atoms with Gasteiger partial charge in [0.05, 0.1) is 29.2 Å². The largest absolute Gasteiger partial charge is 0.340 e. The first-order valence-corrected chi connectivity index (χ1v) is 12.2. The van der Waals surface area contributed by atoms with Gasteiger partial charge in [-0.2, -0.15) is 5.10 Å². The standard InChI is InChI=1S/C25H20ClN5O2S/c1-16-18(11-23(32)28-16)10-19-14-27-31-24(34(33)15-17-6-3-2-4-7-17)13-22(30-25(19)31)29-21-9-5-8-20(26)12-21/h2-10,12-14H,1,11,15H2,(H,28,32)(H,29,30)/b18-10+. The van der Waals surface area contributed by atoms with Crippen molar-refractivity contribution in [2.24, 2.45) is 0 Å². The van der Waals surface area contributed by atoms with Gasteiger partial charge in [0.25, 0.3) is 0 Å². The zero-order valence-corrected chi connectivity index (χ0v) is 19.6. The van der Waals surface area contributed by atoms with E-state index in [1.54, 1.807) is 28.9 Å². The van der Waals surface area contributed by atoms with Gasteiger partial charge >= 0.3 is 0 Å². The van der Waals surface area contributed by atoms with Crippen LogP contribution >= 0.6 is 11.6 Å². The molecule has 2 aromatic heterocycles. The van der Waals surface area contributed by atoms with Crippen LogP contribution in [0, 0.1) is 0 Å². The van der Waals surface area contributed by atoms with E-state index in [0.29, 0.717) is 38.5 Å². The molecule has 34 heavy (non-hydrogen) atoms. The first-order chi connectivity index (χ1) is 16.5. The SMILES string of the molecule is C=C1NC(=O)C/C1=C\c1cnn2c(S(=O)Cc3ccccc3)cc(Nc3cccc(Cl)c3)nc12. The van der Waals surface area contributed by atoms with Crippen molar-refractivity contribution in [3.05, 3.63) is 101 Å². The van der Waals surface area contributed by atoms with Gasteiger partial charge < -0.3 is 10.6 Å². The second-order valence-electron chi connectivity index (χ2n) is 7.80. The van der Waals surface area contributed by atoms with Gasteiger partial charge in [-0.1, -0.05) is 54.6 Å². The van der Waals surface area contributed by atoms with E-state index >= 15 is 0 Å². The molecule has 4 aromatic rings. The third-order valence-corrected chi connectivity index (χ3v) is 6.88. The molecule has 0 saturated carbocycles. The summed E-state index contributed by atoms with van der Waals surface area (Å²) in [6.45, 7) is 3.90. The van der Waals surface area contributed by atoms with Gasteiger partial charge in [-0.05, 0) is 35.4 Å². The number of carbonyl (C=O) groups excluding carboxylic acids is 1. The summed E-state index contributed by atoms with van der Waals surface area (Å²) in [4.78, 5) is 16.5. The maximum atomic E-state index is 13.4. The molecule has 2 N–H and O–H groups in total. The van der Waals surface area contributed by atoms with Gasteiger partial charge in [0.1, 0.15) is 10.8 Å². The summed E-state index contributed by atoms with van der Waals surface area (Å²) in [6, 6.07) is 18.7.